The molecule has 7 heteroatoms. The van der Waals surface area contributed by atoms with Gasteiger partial charge in [-0.15, -0.1) is 0 Å². The average molecular weight is 489 g/mol. The first kappa shape index (κ1) is 21.9. The molecule has 4 aromatic rings. The zero-order valence-corrected chi connectivity index (χ0v) is 18.9. The molecule has 4 aromatic carbocycles. The van der Waals surface area contributed by atoms with Crippen LogP contribution < -0.4 is 9.47 Å². The average Bonchev–Trinajstić information content (AvgIpc) is 3.10. The minimum Gasteiger partial charge on any atom is -0.423 e. The summed E-state index contributed by atoms with van der Waals surface area (Å²) in [7, 11) is 0. The van der Waals surface area contributed by atoms with Gasteiger partial charge in [0.2, 0.25) is 0 Å². The number of fused-ring (bicyclic) bond motifs is 3. The fraction of sp³-hybridized carbons (Fsp3) is 0. The second-order valence-electron chi connectivity index (χ2n) is 7.48. The number of hydrogen-bond acceptors (Lipinski definition) is 5. The molecule has 0 fully saturated rings. The van der Waals surface area contributed by atoms with E-state index in [0.717, 1.165) is 0 Å². The molecule has 5 nitrogen and oxygen atoms in total. The number of benzene rings is 4. The summed E-state index contributed by atoms with van der Waals surface area (Å²) in [6.45, 7) is 0. The largest absolute Gasteiger partial charge is 0.423 e. The SMILES string of the molecule is O=C(Oc1ccc2c(c1)C(=O)c1cc(OC(=O)c3ccccc3Cl)ccc1-2)c1ccccc1Cl. The molecule has 0 heterocycles. The Hall–Kier alpha value is -3.93. The molecule has 0 amide bonds. The molecule has 34 heavy (non-hydrogen) atoms. The highest BCUT2D eigenvalue weighted by atomic mass is 35.5. The molecular formula is C27H14Cl2O5. The summed E-state index contributed by atoms with van der Waals surface area (Å²) < 4.78 is 10.9. The van der Waals surface area contributed by atoms with E-state index in [2.05, 4.69) is 0 Å². The quantitative estimate of drug-likeness (QED) is 0.209. The van der Waals surface area contributed by atoms with Gasteiger partial charge in [-0.3, -0.25) is 4.79 Å². The van der Waals surface area contributed by atoms with Crippen molar-refractivity contribution in [2.45, 2.75) is 0 Å². The van der Waals surface area contributed by atoms with Crippen LogP contribution in [-0.2, 0) is 0 Å². The van der Waals surface area contributed by atoms with Gasteiger partial charge < -0.3 is 9.47 Å². The summed E-state index contributed by atoms with van der Waals surface area (Å²) in [6, 6.07) is 22.8. The molecule has 0 N–H and O–H groups in total. The van der Waals surface area contributed by atoms with Gasteiger partial charge in [-0.25, -0.2) is 9.59 Å². The predicted molar refractivity (Wildman–Crippen MR) is 128 cm³/mol. The number of ether oxygens (including phenoxy) is 2. The van der Waals surface area contributed by atoms with Gasteiger partial charge in [0.05, 0.1) is 21.2 Å². The number of hydrogen-bond donors (Lipinski definition) is 0. The number of carbonyl (C=O) groups excluding carboxylic acids is 3. The van der Waals surface area contributed by atoms with E-state index in [-0.39, 0.29) is 38.5 Å². The Morgan fingerprint density at radius 3 is 1.38 bits per heavy atom. The molecule has 0 unspecified atom stereocenters. The van der Waals surface area contributed by atoms with Gasteiger partial charge in [-0.05, 0) is 71.8 Å². The maximum Gasteiger partial charge on any atom is 0.345 e. The van der Waals surface area contributed by atoms with E-state index in [1.807, 2.05) is 0 Å². The van der Waals surface area contributed by atoms with Crippen LogP contribution in [0.3, 0.4) is 0 Å². The first-order valence-corrected chi connectivity index (χ1v) is 10.9. The lowest BCUT2D eigenvalue weighted by Crippen LogP contribution is -2.09. The highest BCUT2D eigenvalue weighted by Crippen LogP contribution is 2.40. The minimum atomic E-state index is -0.623. The van der Waals surface area contributed by atoms with Crippen LogP contribution in [-0.4, -0.2) is 17.7 Å². The van der Waals surface area contributed by atoms with E-state index < -0.39 is 11.9 Å². The Morgan fingerprint density at radius 2 is 0.971 bits per heavy atom. The van der Waals surface area contributed by atoms with E-state index in [1.54, 1.807) is 72.8 Å². The second-order valence-corrected chi connectivity index (χ2v) is 8.30. The van der Waals surface area contributed by atoms with Crippen molar-refractivity contribution in [1.82, 2.24) is 0 Å². The van der Waals surface area contributed by atoms with Crippen LogP contribution in [0.5, 0.6) is 11.5 Å². The monoisotopic (exact) mass is 488 g/mol. The third kappa shape index (κ3) is 3.96. The van der Waals surface area contributed by atoms with Crippen molar-refractivity contribution < 1.29 is 23.9 Å². The Labute approximate surface area is 204 Å². The molecule has 0 aliphatic heterocycles. The summed E-state index contributed by atoms with van der Waals surface area (Å²) in [5.74, 6) is -1.08. The summed E-state index contributed by atoms with van der Waals surface area (Å²) in [5.41, 5.74) is 2.61. The maximum atomic E-state index is 13.1. The number of esters is 2. The van der Waals surface area contributed by atoms with Crippen LogP contribution in [0.1, 0.15) is 36.6 Å². The van der Waals surface area contributed by atoms with E-state index in [9.17, 15) is 14.4 Å². The molecule has 166 valence electrons. The van der Waals surface area contributed by atoms with E-state index in [0.29, 0.717) is 22.3 Å². The minimum absolute atomic E-state index is 0.218. The number of ketones is 1. The van der Waals surface area contributed by atoms with Gasteiger partial charge in [-0.1, -0.05) is 47.5 Å². The molecule has 1 aliphatic rings. The standard InChI is InChI=1S/C27H14Cl2O5/c28-23-7-3-1-5-19(23)26(31)33-15-9-11-17-18-12-10-16(14-22(18)25(30)21(17)13-15)34-27(32)20-6-2-4-8-24(20)29/h1-14H. The molecule has 0 bridgehead atoms. The summed E-state index contributed by atoms with van der Waals surface area (Å²) in [4.78, 5) is 38.0. The van der Waals surface area contributed by atoms with Gasteiger partial charge in [0.15, 0.2) is 5.78 Å². The molecule has 0 saturated carbocycles. The Kier molecular flexibility index (Phi) is 5.65. The summed E-state index contributed by atoms with van der Waals surface area (Å²) >= 11 is 12.1. The lowest BCUT2D eigenvalue weighted by atomic mass is 10.1. The third-order valence-corrected chi connectivity index (χ3v) is 6.03. The van der Waals surface area contributed by atoms with Crippen LogP contribution in [0.2, 0.25) is 10.0 Å². The molecule has 0 aromatic heterocycles. The molecular weight excluding hydrogens is 475 g/mol. The maximum absolute atomic E-state index is 13.1. The number of halogens is 2. The van der Waals surface area contributed by atoms with Crippen LogP contribution in [0.15, 0.2) is 84.9 Å². The van der Waals surface area contributed by atoms with Gasteiger partial charge in [0, 0.05) is 11.1 Å². The van der Waals surface area contributed by atoms with Crippen LogP contribution >= 0.6 is 23.2 Å². The zero-order chi connectivity index (χ0) is 23.8. The molecule has 5 rings (SSSR count). The number of carbonyl (C=O) groups is 3. The molecule has 0 radical (unpaired) electrons. The summed E-state index contributed by atoms with van der Waals surface area (Å²) in [6.07, 6.45) is 0. The van der Waals surface area contributed by atoms with Crippen molar-refractivity contribution in [1.29, 1.82) is 0 Å². The highest BCUT2D eigenvalue weighted by molar-refractivity contribution is 6.34. The zero-order valence-electron chi connectivity index (χ0n) is 17.4. The molecule has 0 atom stereocenters. The van der Waals surface area contributed by atoms with Gasteiger partial charge >= 0.3 is 11.9 Å². The fourth-order valence-electron chi connectivity index (χ4n) is 3.74. The first-order valence-electron chi connectivity index (χ1n) is 10.2. The predicted octanol–water partition coefficient (Wildman–Crippen LogP) is 6.64. The van der Waals surface area contributed by atoms with Gasteiger partial charge in [0.1, 0.15) is 11.5 Å². The van der Waals surface area contributed by atoms with Crippen molar-refractivity contribution >= 4 is 40.9 Å². The fourth-order valence-corrected chi connectivity index (χ4v) is 4.17. The number of rotatable bonds is 4. The van der Waals surface area contributed by atoms with Gasteiger partial charge in [0.25, 0.3) is 0 Å². The first-order chi connectivity index (χ1) is 16.4. The van der Waals surface area contributed by atoms with Crippen molar-refractivity contribution in [3.63, 3.8) is 0 Å². The van der Waals surface area contributed by atoms with Crippen LogP contribution in [0, 0.1) is 0 Å². The second kappa shape index (κ2) is 8.78. The smallest absolute Gasteiger partial charge is 0.345 e. The third-order valence-electron chi connectivity index (χ3n) is 5.37. The highest BCUT2D eigenvalue weighted by Gasteiger charge is 2.28. The van der Waals surface area contributed by atoms with Crippen molar-refractivity contribution in [3.05, 3.63) is 117 Å². The van der Waals surface area contributed by atoms with Gasteiger partial charge in [-0.2, -0.15) is 0 Å². The van der Waals surface area contributed by atoms with Crippen LogP contribution in [0.25, 0.3) is 11.1 Å². The van der Waals surface area contributed by atoms with E-state index in [1.165, 1.54) is 12.1 Å². The lowest BCUT2D eigenvalue weighted by molar-refractivity contribution is 0.0725. The van der Waals surface area contributed by atoms with Crippen molar-refractivity contribution in [2.75, 3.05) is 0 Å². The molecule has 0 spiro atoms. The van der Waals surface area contributed by atoms with Crippen molar-refractivity contribution in [2.24, 2.45) is 0 Å². The molecule has 1 aliphatic carbocycles. The Balaban J connectivity index is 1.39. The van der Waals surface area contributed by atoms with E-state index in [4.69, 9.17) is 32.7 Å². The lowest BCUT2D eigenvalue weighted by Gasteiger charge is -2.08. The van der Waals surface area contributed by atoms with E-state index >= 15 is 0 Å². The Bertz CT molecular complexity index is 1380. The summed E-state index contributed by atoms with van der Waals surface area (Å²) in [5, 5.41) is 0.548. The topological polar surface area (TPSA) is 69.7 Å². The normalized spacial score (nSPS) is 11.5. The Morgan fingerprint density at radius 1 is 0.559 bits per heavy atom. The van der Waals surface area contributed by atoms with Crippen molar-refractivity contribution in [3.8, 4) is 22.6 Å². The van der Waals surface area contributed by atoms with Crippen LogP contribution in [0.4, 0.5) is 0 Å². The molecule has 0 saturated heterocycles.